The van der Waals surface area contributed by atoms with Crippen LogP contribution in [0.4, 0.5) is 0 Å². The molecule has 2 atom stereocenters. The number of ether oxygens (including phenoxy) is 2. The average molecular weight is 260 g/mol. The second-order valence-electron chi connectivity index (χ2n) is 6.13. The van der Waals surface area contributed by atoms with Crippen molar-refractivity contribution in [1.82, 2.24) is 0 Å². The summed E-state index contributed by atoms with van der Waals surface area (Å²) in [6.45, 7) is 3.03. The third-order valence-electron chi connectivity index (χ3n) is 4.39. The highest BCUT2D eigenvalue weighted by Crippen LogP contribution is 2.33. The van der Waals surface area contributed by atoms with E-state index in [2.05, 4.69) is 31.2 Å². The highest BCUT2D eigenvalue weighted by Gasteiger charge is 2.23. The minimum Gasteiger partial charge on any atom is -0.465 e. The van der Waals surface area contributed by atoms with Crippen molar-refractivity contribution in [1.29, 1.82) is 0 Å². The van der Waals surface area contributed by atoms with E-state index in [9.17, 15) is 0 Å². The Morgan fingerprint density at radius 1 is 1.05 bits per heavy atom. The molecule has 0 amide bonds. The molecule has 0 N–H and O–H groups in total. The van der Waals surface area contributed by atoms with Gasteiger partial charge in [-0.15, -0.1) is 0 Å². The van der Waals surface area contributed by atoms with E-state index in [1.165, 1.54) is 37.7 Å². The Hall–Kier alpha value is -1.02. The molecule has 2 fully saturated rings. The van der Waals surface area contributed by atoms with Crippen LogP contribution in [0.2, 0.25) is 0 Å². The van der Waals surface area contributed by atoms with Crippen LogP contribution < -0.4 is 4.74 Å². The number of hydrogen-bond donors (Lipinski definition) is 0. The molecule has 0 aromatic heterocycles. The normalized spacial score (nSPS) is 28.5. The molecular formula is C17H24O2. The summed E-state index contributed by atoms with van der Waals surface area (Å²) < 4.78 is 11.5. The molecule has 1 saturated carbocycles. The molecule has 1 heterocycles. The summed E-state index contributed by atoms with van der Waals surface area (Å²) in [5.41, 5.74) is 1.48. The maximum absolute atomic E-state index is 5.87. The molecule has 2 heteroatoms. The fraction of sp³-hybridized carbons (Fsp3) is 0.647. The summed E-state index contributed by atoms with van der Waals surface area (Å²) in [4.78, 5) is 0. The van der Waals surface area contributed by atoms with E-state index in [4.69, 9.17) is 9.47 Å². The summed E-state index contributed by atoms with van der Waals surface area (Å²) in [5.74, 6) is 2.33. The second kappa shape index (κ2) is 5.96. The van der Waals surface area contributed by atoms with Crippen LogP contribution in [0.3, 0.4) is 0 Å². The van der Waals surface area contributed by atoms with Crippen LogP contribution in [0.25, 0.3) is 0 Å². The summed E-state index contributed by atoms with van der Waals surface area (Å²) in [6, 6.07) is 8.69. The zero-order valence-corrected chi connectivity index (χ0v) is 11.8. The van der Waals surface area contributed by atoms with E-state index < -0.39 is 0 Å². The maximum Gasteiger partial charge on any atom is 0.200 e. The molecule has 2 aliphatic rings. The molecule has 1 aromatic rings. The van der Waals surface area contributed by atoms with Gasteiger partial charge in [0.05, 0.1) is 6.61 Å². The maximum atomic E-state index is 5.87. The monoisotopic (exact) mass is 260 g/mol. The number of hydrogen-bond acceptors (Lipinski definition) is 2. The lowest BCUT2D eigenvalue weighted by Crippen LogP contribution is -2.14. The van der Waals surface area contributed by atoms with Crippen LogP contribution in [-0.2, 0) is 4.74 Å². The lowest BCUT2D eigenvalue weighted by atomic mass is 9.84. The van der Waals surface area contributed by atoms with Crippen molar-refractivity contribution in [3.8, 4) is 5.75 Å². The van der Waals surface area contributed by atoms with Gasteiger partial charge in [-0.25, -0.2) is 0 Å². The standard InChI is InChI=1S/C17H24O2/c1-13-11-17(18-12-13)19-16-9-7-15(8-10-16)14-5-3-2-4-6-14/h7-10,13-14,17H,2-6,11-12H2,1H3/t13-,17?/m1/s1. The van der Waals surface area contributed by atoms with Gasteiger partial charge in [-0.3, -0.25) is 0 Å². The predicted octanol–water partition coefficient (Wildman–Crippen LogP) is 4.50. The molecule has 1 saturated heterocycles. The van der Waals surface area contributed by atoms with Crippen molar-refractivity contribution in [2.75, 3.05) is 6.61 Å². The number of rotatable bonds is 3. The van der Waals surface area contributed by atoms with Gasteiger partial charge in [0, 0.05) is 6.42 Å². The van der Waals surface area contributed by atoms with Crippen LogP contribution in [0.15, 0.2) is 24.3 Å². The van der Waals surface area contributed by atoms with E-state index in [0.717, 1.165) is 24.7 Å². The first-order chi connectivity index (χ1) is 9.31. The molecule has 104 valence electrons. The molecule has 0 spiro atoms. The third-order valence-corrected chi connectivity index (χ3v) is 4.39. The van der Waals surface area contributed by atoms with Gasteiger partial charge in [0.25, 0.3) is 0 Å². The Kier molecular flexibility index (Phi) is 4.07. The average Bonchev–Trinajstić information content (AvgIpc) is 2.86. The van der Waals surface area contributed by atoms with Gasteiger partial charge in [0.15, 0.2) is 6.29 Å². The van der Waals surface area contributed by atoms with E-state index >= 15 is 0 Å². The molecule has 1 aromatic carbocycles. The molecule has 0 bridgehead atoms. The van der Waals surface area contributed by atoms with Crippen molar-refractivity contribution in [2.45, 2.75) is 57.7 Å². The summed E-state index contributed by atoms with van der Waals surface area (Å²) >= 11 is 0. The second-order valence-corrected chi connectivity index (χ2v) is 6.13. The van der Waals surface area contributed by atoms with Gasteiger partial charge in [0.2, 0.25) is 0 Å². The van der Waals surface area contributed by atoms with Gasteiger partial charge in [-0.2, -0.15) is 0 Å². The zero-order valence-electron chi connectivity index (χ0n) is 11.8. The molecule has 0 radical (unpaired) electrons. The van der Waals surface area contributed by atoms with E-state index in [1.807, 2.05) is 0 Å². The summed E-state index contributed by atoms with van der Waals surface area (Å²) in [6.07, 6.45) is 7.84. The Labute approximate surface area is 116 Å². The van der Waals surface area contributed by atoms with Gasteiger partial charge >= 0.3 is 0 Å². The van der Waals surface area contributed by atoms with Gasteiger partial charge in [-0.05, 0) is 42.4 Å². The van der Waals surface area contributed by atoms with Crippen LogP contribution in [0, 0.1) is 5.92 Å². The largest absolute Gasteiger partial charge is 0.465 e. The molecule has 1 aliphatic heterocycles. The van der Waals surface area contributed by atoms with Crippen molar-refractivity contribution in [3.63, 3.8) is 0 Å². The van der Waals surface area contributed by atoms with Gasteiger partial charge in [0.1, 0.15) is 5.75 Å². The fourth-order valence-electron chi connectivity index (χ4n) is 3.22. The quantitative estimate of drug-likeness (QED) is 0.797. The zero-order chi connectivity index (χ0) is 13.1. The minimum atomic E-state index is -0.0458. The highest BCUT2D eigenvalue weighted by atomic mass is 16.7. The predicted molar refractivity (Wildman–Crippen MR) is 76.4 cm³/mol. The van der Waals surface area contributed by atoms with Gasteiger partial charge in [-0.1, -0.05) is 38.3 Å². The SMILES string of the molecule is C[C@H]1COC(Oc2ccc(C3CCCCC3)cc2)C1. The first-order valence-corrected chi connectivity index (χ1v) is 7.69. The summed E-state index contributed by atoms with van der Waals surface area (Å²) in [5, 5.41) is 0. The first kappa shape index (κ1) is 13.0. The third kappa shape index (κ3) is 3.30. The Morgan fingerprint density at radius 2 is 1.79 bits per heavy atom. The van der Waals surface area contributed by atoms with Crippen LogP contribution >= 0.6 is 0 Å². The van der Waals surface area contributed by atoms with Crippen molar-refractivity contribution < 1.29 is 9.47 Å². The Bertz CT molecular complexity index is 392. The lowest BCUT2D eigenvalue weighted by molar-refractivity contribution is -0.0393. The lowest BCUT2D eigenvalue weighted by Gasteiger charge is -2.22. The van der Waals surface area contributed by atoms with Crippen molar-refractivity contribution >= 4 is 0 Å². The summed E-state index contributed by atoms with van der Waals surface area (Å²) in [7, 11) is 0. The smallest absolute Gasteiger partial charge is 0.200 e. The molecule has 1 aliphatic carbocycles. The molecule has 1 unspecified atom stereocenters. The molecule has 3 rings (SSSR count). The first-order valence-electron chi connectivity index (χ1n) is 7.69. The van der Waals surface area contributed by atoms with Crippen molar-refractivity contribution in [3.05, 3.63) is 29.8 Å². The van der Waals surface area contributed by atoms with Crippen LogP contribution in [-0.4, -0.2) is 12.9 Å². The Morgan fingerprint density at radius 3 is 2.42 bits per heavy atom. The minimum absolute atomic E-state index is 0.0458. The van der Waals surface area contributed by atoms with E-state index in [-0.39, 0.29) is 6.29 Å². The van der Waals surface area contributed by atoms with Gasteiger partial charge < -0.3 is 9.47 Å². The molecule has 19 heavy (non-hydrogen) atoms. The number of benzene rings is 1. The van der Waals surface area contributed by atoms with Crippen LogP contribution in [0.1, 0.15) is 56.9 Å². The highest BCUT2D eigenvalue weighted by molar-refractivity contribution is 5.29. The molecular weight excluding hydrogens is 236 g/mol. The van der Waals surface area contributed by atoms with Crippen molar-refractivity contribution in [2.24, 2.45) is 5.92 Å². The fourth-order valence-corrected chi connectivity index (χ4v) is 3.22. The van der Waals surface area contributed by atoms with E-state index in [0.29, 0.717) is 5.92 Å². The van der Waals surface area contributed by atoms with E-state index in [1.54, 1.807) is 0 Å². The molecule has 2 nitrogen and oxygen atoms in total. The Balaban J connectivity index is 1.59. The topological polar surface area (TPSA) is 18.5 Å². The van der Waals surface area contributed by atoms with Crippen LogP contribution in [0.5, 0.6) is 5.75 Å².